The summed E-state index contributed by atoms with van der Waals surface area (Å²) in [6, 6.07) is 13.2. The van der Waals surface area contributed by atoms with Gasteiger partial charge in [0.1, 0.15) is 12.4 Å². The lowest BCUT2D eigenvalue weighted by Crippen LogP contribution is -2.15. The van der Waals surface area contributed by atoms with Gasteiger partial charge < -0.3 is 10.1 Å². The second-order valence-corrected chi connectivity index (χ2v) is 7.18. The number of hydrogen-bond donors (Lipinski definition) is 2. The molecule has 132 valence electrons. The number of ether oxygens (including phenoxy) is 1. The molecule has 2 rings (SSSR count). The third-order valence-corrected chi connectivity index (χ3v) is 4.57. The van der Waals surface area contributed by atoms with Crippen LogP contribution in [0.1, 0.15) is 17.3 Å². The van der Waals surface area contributed by atoms with Gasteiger partial charge in [-0.05, 0) is 43.3 Å². The van der Waals surface area contributed by atoms with Gasteiger partial charge in [0, 0.05) is 23.0 Å². The second kappa shape index (κ2) is 8.34. The first-order chi connectivity index (χ1) is 11.9. The third kappa shape index (κ3) is 5.65. The van der Waals surface area contributed by atoms with E-state index in [1.165, 1.54) is 0 Å². The average molecular weight is 360 g/mol. The zero-order valence-electron chi connectivity index (χ0n) is 13.9. The summed E-state index contributed by atoms with van der Waals surface area (Å²) in [6.45, 7) is 5.52. The fraction of sp³-hybridized carbons (Fsp3) is 0.167. The summed E-state index contributed by atoms with van der Waals surface area (Å²) >= 11 is 0. The zero-order chi connectivity index (χ0) is 18.3. The van der Waals surface area contributed by atoms with E-state index in [0.29, 0.717) is 29.3 Å². The summed E-state index contributed by atoms with van der Waals surface area (Å²) in [7, 11) is -3.34. The number of hydrogen-bond acceptors (Lipinski definition) is 4. The minimum Gasteiger partial charge on any atom is -0.489 e. The van der Waals surface area contributed by atoms with Crippen LogP contribution >= 0.6 is 0 Å². The molecule has 0 fully saturated rings. The van der Waals surface area contributed by atoms with Crippen molar-refractivity contribution >= 4 is 27.3 Å². The number of carbonyl (C=O) groups is 1. The van der Waals surface area contributed by atoms with Gasteiger partial charge in [-0.3, -0.25) is 9.52 Å². The Hall–Kier alpha value is -2.80. The average Bonchev–Trinajstić information content (AvgIpc) is 2.60. The first-order valence-corrected chi connectivity index (χ1v) is 9.34. The molecule has 7 heteroatoms. The molecular weight excluding hydrogens is 340 g/mol. The smallest absolute Gasteiger partial charge is 0.255 e. The molecule has 2 aromatic rings. The van der Waals surface area contributed by atoms with Gasteiger partial charge >= 0.3 is 0 Å². The Morgan fingerprint density at radius 3 is 2.52 bits per heavy atom. The standard InChI is InChI=1S/C18H20N2O4S/c1-3-12-24-17-7-5-6-16(13-17)19-18(21)14-8-10-15(11-9-14)20-25(22,23)4-2/h3,5-11,13,20H,1,4,12H2,2H3,(H,19,21). The molecule has 0 aliphatic carbocycles. The van der Waals surface area contributed by atoms with Crippen LogP contribution in [0.25, 0.3) is 0 Å². The first kappa shape index (κ1) is 18.5. The van der Waals surface area contributed by atoms with Crippen LogP contribution in [0.15, 0.2) is 61.2 Å². The molecule has 0 saturated heterocycles. The van der Waals surface area contributed by atoms with Crippen molar-refractivity contribution in [2.24, 2.45) is 0 Å². The number of rotatable bonds is 8. The van der Waals surface area contributed by atoms with E-state index < -0.39 is 10.0 Å². The van der Waals surface area contributed by atoms with Crippen LogP contribution in [0.3, 0.4) is 0 Å². The lowest BCUT2D eigenvalue weighted by atomic mass is 10.2. The maximum atomic E-state index is 12.3. The monoisotopic (exact) mass is 360 g/mol. The van der Waals surface area contributed by atoms with Crippen LogP contribution in [0.5, 0.6) is 5.75 Å². The maximum absolute atomic E-state index is 12.3. The van der Waals surface area contributed by atoms with Crippen LogP contribution in [-0.4, -0.2) is 26.7 Å². The van der Waals surface area contributed by atoms with Crippen molar-refractivity contribution in [3.63, 3.8) is 0 Å². The molecule has 0 aliphatic heterocycles. The zero-order valence-corrected chi connectivity index (χ0v) is 14.7. The van der Waals surface area contributed by atoms with E-state index in [1.54, 1.807) is 61.5 Å². The summed E-state index contributed by atoms with van der Waals surface area (Å²) in [6.07, 6.45) is 1.64. The van der Waals surface area contributed by atoms with Crippen molar-refractivity contribution < 1.29 is 17.9 Å². The highest BCUT2D eigenvalue weighted by molar-refractivity contribution is 7.92. The van der Waals surface area contributed by atoms with E-state index in [9.17, 15) is 13.2 Å². The fourth-order valence-electron chi connectivity index (χ4n) is 1.96. The predicted molar refractivity (Wildman–Crippen MR) is 99.6 cm³/mol. The molecule has 0 saturated carbocycles. The van der Waals surface area contributed by atoms with Crippen molar-refractivity contribution in [1.82, 2.24) is 0 Å². The Morgan fingerprint density at radius 2 is 1.88 bits per heavy atom. The van der Waals surface area contributed by atoms with Crippen LogP contribution in [0.2, 0.25) is 0 Å². The largest absolute Gasteiger partial charge is 0.489 e. The van der Waals surface area contributed by atoms with Crippen molar-refractivity contribution in [2.75, 3.05) is 22.4 Å². The lowest BCUT2D eigenvalue weighted by Gasteiger charge is -2.09. The number of nitrogens with one attached hydrogen (secondary N) is 2. The quantitative estimate of drug-likeness (QED) is 0.708. The molecule has 6 nitrogen and oxygen atoms in total. The number of carbonyl (C=O) groups excluding carboxylic acids is 1. The Balaban J connectivity index is 2.04. The van der Waals surface area contributed by atoms with E-state index in [2.05, 4.69) is 16.6 Å². The Kier molecular flexibility index (Phi) is 6.19. The van der Waals surface area contributed by atoms with Crippen molar-refractivity contribution in [2.45, 2.75) is 6.92 Å². The molecule has 0 spiro atoms. The summed E-state index contributed by atoms with van der Waals surface area (Å²) in [5, 5.41) is 2.77. The Labute approximate surface area is 147 Å². The van der Waals surface area contributed by atoms with E-state index in [4.69, 9.17) is 4.74 Å². The van der Waals surface area contributed by atoms with Gasteiger partial charge in [-0.2, -0.15) is 0 Å². The fourth-order valence-corrected chi connectivity index (χ4v) is 2.60. The van der Waals surface area contributed by atoms with Crippen LogP contribution in [0.4, 0.5) is 11.4 Å². The van der Waals surface area contributed by atoms with Gasteiger partial charge in [-0.25, -0.2) is 8.42 Å². The highest BCUT2D eigenvalue weighted by Gasteiger charge is 2.09. The van der Waals surface area contributed by atoms with Gasteiger partial charge in [0.15, 0.2) is 0 Å². The van der Waals surface area contributed by atoms with E-state index in [0.717, 1.165) is 0 Å². The Bertz CT molecular complexity index is 846. The lowest BCUT2D eigenvalue weighted by molar-refractivity contribution is 0.102. The second-order valence-electron chi connectivity index (χ2n) is 5.16. The minimum absolute atomic E-state index is 0.0144. The maximum Gasteiger partial charge on any atom is 0.255 e. The van der Waals surface area contributed by atoms with Crippen molar-refractivity contribution in [1.29, 1.82) is 0 Å². The molecule has 2 N–H and O–H groups in total. The highest BCUT2D eigenvalue weighted by atomic mass is 32.2. The first-order valence-electron chi connectivity index (χ1n) is 7.69. The summed E-state index contributed by atoms with van der Waals surface area (Å²) in [4.78, 5) is 12.3. The topological polar surface area (TPSA) is 84.5 Å². The molecule has 0 bridgehead atoms. The molecule has 0 aromatic heterocycles. The van der Waals surface area contributed by atoms with Gasteiger partial charge in [-0.15, -0.1) is 0 Å². The molecule has 2 aromatic carbocycles. The molecule has 0 heterocycles. The van der Waals surface area contributed by atoms with E-state index in [-0.39, 0.29) is 11.7 Å². The normalized spacial score (nSPS) is 10.8. The van der Waals surface area contributed by atoms with Crippen molar-refractivity contribution in [3.8, 4) is 5.75 Å². The summed E-state index contributed by atoms with van der Waals surface area (Å²) in [5.41, 5.74) is 1.43. The van der Waals surface area contributed by atoms with Crippen LogP contribution in [0, 0.1) is 0 Å². The molecule has 0 radical (unpaired) electrons. The number of anilines is 2. The van der Waals surface area contributed by atoms with Crippen LogP contribution in [-0.2, 0) is 10.0 Å². The van der Waals surface area contributed by atoms with Gasteiger partial charge in [0.25, 0.3) is 5.91 Å². The molecule has 0 atom stereocenters. The summed E-state index contributed by atoms with van der Waals surface area (Å²) in [5.74, 6) is 0.312. The SMILES string of the molecule is C=CCOc1cccc(NC(=O)c2ccc(NS(=O)(=O)CC)cc2)c1. The highest BCUT2D eigenvalue weighted by Crippen LogP contribution is 2.19. The molecule has 25 heavy (non-hydrogen) atoms. The summed E-state index contributed by atoms with van der Waals surface area (Å²) < 4.78 is 30.9. The van der Waals surface area contributed by atoms with E-state index >= 15 is 0 Å². The van der Waals surface area contributed by atoms with E-state index in [1.807, 2.05) is 0 Å². The van der Waals surface area contributed by atoms with Gasteiger partial charge in [0.2, 0.25) is 10.0 Å². The van der Waals surface area contributed by atoms with Gasteiger partial charge in [0.05, 0.1) is 5.75 Å². The Morgan fingerprint density at radius 1 is 1.16 bits per heavy atom. The number of sulfonamides is 1. The molecular formula is C18H20N2O4S. The van der Waals surface area contributed by atoms with Crippen LogP contribution < -0.4 is 14.8 Å². The molecule has 0 aliphatic rings. The predicted octanol–water partition coefficient (Wildman–Crippen LogP) is 3.27. The van der Waals surface area contributed by atoms with Gasteiger partial charge in [-0.1, -0.05) is 18.7 Å². The number of amides is 1. The molecule has 1 amide bonds. The third-order valence-electron chi connectivity index (χ3n) is 3.26. The minimum atomic E-state index is -3.34. The number of benzene rings is 2. The van der Waals surface area contributed by atoms with Crippen molar-refractivity contribution in [3.05, 3.63) is 66.7 Å². The molecule has 0 unspecified atom stereocenters.